The minimum Gasteiger partial charge on any atom is -0.399 e. The van der Waals surface area contributed by atoms with Crippen LogP contribution in [0.5, 0.6) is 0 Å². The molecule has 0 radical (unpaired) electrons. The monoisotopic (exact) mass is 348 g/mol. The normalized spacial score (nSPS) is 27.8. The van der Waals surface area contributed by atoms with E-state index >= 15 is 0 Å². The van der Waals surface area contributed by atoms with Gasteiger partial charge in [0.2, 0.25) is 0 Å². The van der Waals surface area contributed by atoms with Crippen molar-refractivity contribution in [1.29, 1.82) is 0 Å². The fourth-order valence-corrected chi connectivity index (χ4v) is 3.21. The van der Waals surface area contributed by atoms with Gasteiger partial charge in [0, 0.05) is 20.1 Å². The molecule has 2 aliphatic rings. The Bertz CT molecular complexity index is 562. The van der Waals surface area contributed by atoms with Gasteiger partial charge in [0.1, 0.15) is 5.60 Å². The van der Waals surface area contributed by atoms with Crippen molar-refractivity contribution in [2.75, 3.05) is 33.5 Å². The third-order valence-electron chi connectivity index (χ3n) is 5.61. The highest BCUT2D eigenvalue weighted by atomic mass is 16.7. The average molecular weight is 348 g/mol. The van der Waals surface area contributed by atoms with E-state index in [2.05, 4.69) is 52.0 Å². The summed E-state index contributed by atoms with van der Waals surface area (Å²) < 4.78 is 29.1. The van der Waals surface area contributed by atoms with E-state index < -0.39 is 0 Å². The Morgan fingerprint density at radius 2 is 1.64 bits per heavy atom. The molecule has 2 heterocycles. The van der Waals surface area contributed by atoms with Crippen molar-refractivity contribution < 1.29 is 23.5 Å². The Hall–Kier alpha value is -0.915. The number of hydrogen-bond acceptors (Lipinski definition) is 5. The summed E-state index contributed by atoms with van der Waals surface area (Å²) in [5, 5.41) is 0. The molecule has 5 nitrogen and oxygen atoms in total. The number of methoxy groups -OCH3 is 1. The van der Waals surface area contributed by atoms with Gasteiger partial charge in [-0.3, -0.25) is 0 Å². The highest BCUT2D eigenvalue weighted by Gasteiger charge is 2.51. The van der Waals surface area contributed by atoms with Crippen LogP contribution in [0.3, 0.4) is 0 Å². The van der Waals surface area contributed by atoms with Gasteiger partial charge in [0.15, 0.2) is 0 Å². The predicted molar refractivity (Wildman–Crippen MR) is 97.1 cm³/mol. The third kappa shape index (κ3) is 3.64. The Balaban J connectivity index is 1.75. The first-order valence-electron chi connectivity index (χ1n) is 8.96. The lowest BCUT2D eigenvalue weighted by atomic mass is 9.78. The van der Waals surface area contributed by atoms with Crippen molar-refractivity contribution in [3.05, 3.63) is 29.8 Å². The van der Waals surface area contributed by atoms with Gasteiger partial charge in [-0.1, -0.05) is 24.3 Å². The molecule has 3 rings (SSSR count). The van der Waals surface area contributed by atoms with Crippen LogP contribution >= 0.6 is 0 Å². The fraction of sp³-hybridized carbons (Fsp3) is 0.684. The molecule has 2 fully saturated rings. The summed E-state index contributed by atoms with van der Waals surface area (Å²) >= 11 is 0. The van der Waals surface area contributed by atoms with Crippen LogP contribution in [-0.2, 0) is 29.1 Å². The van der Waals surface area contributed by atoms with Crippen molar-refractivity contribution in [3.8, 4) is 0 Å². The zero-order chi connectivity index (χ0) is 18.1. The van der Waals surface area contributed by atoms with E-state index in [1.807, 2.05) is 0 Å². The summed E-state index contributed by atoms with van der Waals surface area (Å²) in [7, 11) is 1.34. The lowest BCUT2D eigenvalue weighted by Crippen LogP contribution is -2.41. The quantitative estimate of drug-likeness (QED) is 0.583. The number of hydrogen-bond donors (Lipinski definition) is 0. The first-order chi connectivity index (χ1) is 11.8. The van der Waals surface area contributed by atoms with E-state index in [1.165, 1.54) is 0 Å². The molecule has 0 bridgehead atoms. The highest BCUT2D eigenvalue weighted by Crippen LogP contribution is 2.37. The summed E-state index contributed by atoms with van der Waals surface area (Å²) in [6.45, 7) is 10.7. The summed E-state index contributed by atoms with van der Waals surface area (Å²) in [4.78, 5) is 0. The van der Waals surface area contributed by atoms with Gasteiger partial charge in [-0.15, -0.1) is 0 Å². The highest BCUT2D eigenvalue weighted by molar-refractivity contribution is 6.62. The van der Waals surface area contributed by atoms with Gasteiger partial charge in [-0.25, -0.2) is 0 Å². The van der Waals surface area contributed by atoms with Crippen molar-refractivity contribution in [1.82, 2.24) is 0 Å². The molecule has 0 spiro atoms. The standard InChI is InChI=1S/C19H29BO5/c1-17(2)18(3,4)25-20(24-17)16-8-6-15(7-9-16)19(10-11-22-14-19)23-13-12-21-5/h6-9H,10-14H2,1-5H3/t19-/m1/s1. The van der Waals surface area contributed by atoms with Gasteiger partial charge >= 0.3 is 7.12 Å². The second kappa shape index (κ2) is 7.01. The first kappa shape index (κ1) is 18.9. The predicted octanol–water partition coefficient (Wildman–Crippen LogP) is 2.26. The Labute approximate surface area is 151 Å². The topological polar surface area (TPSA) is 46.2 Å². The molecular formula is C19H29BO5. The lowest BCUT2D eigenvalue weighted by molar-refractivity contribution is -0.0701. The summed E-state index contributed by atoms with van der Waals surface area (Å²) in [5.74, 6) is 0. The van der Waals surface area contributed by atoms with Crippen molar-refractivity contribution in [2.24, 2.45) is 0 Å². The van der Waals surface area contributed by atoms with Crippen LogP contribution < -0.4 is 5.46 Å². The number of rotatable bonds is 6. The first-order valence-corrected chi connectivity index (χ1v) is 8.96. The molecule has 0 amide bonds. The molecule has 0 N–H and O–H groups in total. The van der Waals surface area contributed by atoms with Gasteiger partial charge in [-0.05, 0) is 38.7 Å². The largest absolute Gasteiger partial charge is 0.494 e. The van der Waals surface area contributed by atoms with E-state index in [0.717, 1.165) is 17.4 Å². The molecule has 138 valence electrons. The maximum Gasteiger partial charge on any atom is 0.494 e. The van der Waals surface area contributed by atoms with E-state index in [1.54, 1.807) is 7.11 Å². The molecule has 1 aromatic carbocycles. The van der Waals surface area contributed by atoms with E-state index in [4.69, 9.17) is 23.5 Å². The van der Waals surface area contributed by atoms with E-state index in [-0.39, 0.29) is 23.9 Å². The fourth-order valence-electron chi connectivity index (χ4n) is 3.21. The van der Waals surface area contributed by atoms with Crippen LogP contribution in [0, 0.1) is 0 Å². The Morgan fingerprint density at radius 3 is 2.16 bits per heavy atom. The van der Waals surface area contributed by atoms with Crippen LogP contribution in [0.1, 0.15) is 39.7 Å². The molecule has 6 heteroatoms. The summed E-state index contributed by atoms with van der Waals surface area (Å²) in [6.07, 6.45) is 0.854. The molecule has 0 unspecified atom stereocenters. The van der Waals surface area contributed by atoms with Crippen LogP contribution in [0.15, 0.2) is 24.3 Å². The average Bonchev–Trinajstić information content (AvgIpc) is 3.11. The SMILES string of the molecule is COCCO[C@]1(c2ccc(B3OC(C)(C)C(C)(C)O3)cc2)CCOC1. The summed E-state index contributed by atoms with van der Waals surface area (Å²) in [6, 6.07) is 8.33. The molecular weight excluding hydrogens is 319 g/mol. The Kier molecular flexibility index (Phi) is 5.29. The number of benzene rings is 1. The van der Waals surface area contributed by atoms with Crippen LogP contribution in [0.2, 0.25) is 0 Å². The zero-order valence-electron chi connectivity index (χ0n) is 16.0. The smallest absolute Gasteiger partial charge is 0.399 e. The van der Waals surface area contributed by atoms with Crippen molar-refractivity contribution in [3.63, 3.8) is 0 Å². The van der Waals surface area contributed by atoms with E-state index in [9.17, 15) is 0 Å². The number of ether oxygens (including phenoxy) is 3. The molecule has 1 atom stereocenters. The minimum atomic E-state index is -0.382. The lowest BCUT2D eigenvalue weighted by Gasteiger charge is -2.32. The summed E-state index contributed by atoms with van der Waals surface area (Å²) in [5.41, 5.74) is 1.10. The van der Waals surface area contributed by atoms with Crippen molar-refractivity contribution >= 4 is 12.6 Å². The van der Waals surface area contributed by atoms with E-state index in [0.29, 0.717) is 26.4 Å². The third-order valence-corrected chi connectivity index (χ3v) is 5.61. The maximum absolute atomic E-state index is 6.14. The van der Waals surface area contributed by atoms with Crippen molar-refractivity contribution in [2.45, 2.75) is 50.9 Å². The molecule has 25 heavy (non-hydrogen) atoms. The minimum absolute atomic E-state index is 0.333. The van der Waals surface area contributed by atoms with Crippen LogP contribution in [0.25, 0.3) is 0 Å². The molecule has 1 aromatic rings. The van der Waals surface area contributed by atoms with Crippen LogP contribution in [0.4, 0.5) is 0 Å². The molecule has 0 saturated carbocycles. The van der Waals surface area contributed by atoms with Gasteiger partial charge in [0.05, 0.1) is 31.0 Å². The molecule has 0 aromatic heterocycles. The Morgan fingerprint density at radius 1 is 1.00 bits per heavy atom. The maximum atomic E-state index is 6.14. The molecule has 2 aliphatic heterocycles. The second-order valence-corrected chi connectivity index (χ2v) is 7.85. The van der Waals surface area contributed by atoms with Crippen LogP contribution in [-0.4, -0.2) is 51.9 Å². The molecule has 2 saturated heterocycles. The zero-order valence-corrected chi connectivity index (χ0v) is 16.0. The van der Waals surface area contributed by atoms with Gasteiger partial charge in [0.25, 0.3) is 0 Å². The second-order valence-electron chi connectivity index (χ2n) is 7.85. The van der Waals surface area contributed by atoms with Gasteiger partial charge in [-0.2, -0.15) is 0 Å². The molecule has 0 aliphatic carbocycles. The van der Waals surface area contributed by atoms with Gasteiger partial charge < -0.3 is 23.5 Å².